The van der Waals surface area contributed by atoms with Crippen LogP contribution in [0, 0.1) is 0 Å². The molecule has 0 aliphatic carbocycles. The Morgan fingerprint density at radius 1 is 0.254 bits per heavy atom. The van der Waals surface area contributed by atoms with E-state index < -0.39 is 0 Å². The summed E-state index contributed by atoms with van der Waals surface area (Å²) in [7, 11) is 0. The molecule has 2 nitrogen and oxygen atoms in total. The zero-order valence-electron chi connectivity index (χ0n) is 32.1. The lowest BCUT2D eigenvalue weighted by atomic mass is 10.0. The van der Waals surface area contributed by atoms with E-state index in [2.05, 4.69) is 228 Å². The van der Waals surface area contributed by atoms with Crippen molar-refractivity contribution in [3.63, 3.8) is 0 Å². The van der Waals surface area contributed by atoms with E-state index in [0.717, 1.165) is 34.1 Å². The summed E-state index contributed by atoms with van der Waals surface area (Å²) in [5.74, 6) is 0. The first-order valence-electron chi connectivity index (χ1n) is 20.2. The minimum Gasteiger partial charge on any atom is -0.310 e. The van der Waals surface area contributed by atoms with E-state index >= 15 is 0 Å². The van der Waals surface area contributed by atoms with Gasteiger partial charge in [0.2, 0.25) is 0 Å². The molecule has 0 fully saturated rings. The largest absolute Gasteiger partial charge is 0.310 e. The van der Waals surface area contributed by atoms with Gasteiger partial charge in [-0.05, 0) is 86.9 Å². The van der Waals surface area contributed by atoms with E-state index in [9.17, 15) is 0 Å². The van der Waals surface area contributed by atoms with Crippen LogP contribution in [0.3, 0.4) is 0 Å². The smallest absolute Gasteiger partial charge is 0.0540 e. The van der Waals surface area contributed by atoms with Gasteiger partial charge in [0.25, 0.3) is 0 Å². The minimum atomic E-state index is 1.14. The van der Waals surface area contributed by atoms with Crippen molar-refractivity contribution in [1.29, 1.82) is 0 Å². The molecule has 1 aromatic heterocycles. The summed E-state index contributed by atoms with van der Waals surface area (Å²) >= 11 is 1.89. The lowest BCUT2D eigenvalue weighted by Gasteiger charge is -2.28. The highest BCUT2D eigenvalue weighted by atomic mass is 32.1. The van der Waals surface area contributed by atoms with Crippen LogP contribution >= 0.6 is 11.3 Å². The number of thiophene rings is 1. The number of hydrogen-bond acceptors (Lipinski definition) is 3. The first-order valence-corrected chi connectivity index (χ1v) is 21.0. The number of fused-ring (bicyclic) bond motifs is 9. The molecule has 0 atom stereocenters. The number of anilines is 6. The molecule has 0 saturated heterocycles. The van der Waals surface area contributed by atoms with Crippen molar-refractivity contribution >= 4 is 119 Å². The van der Waals surface area contributed by atoms with E-state index in [1.165, 1.54) is 74.0 Å². The van der Waals surface area contributed by atoms with Gasteiger partial charge in [-0.15, -0.1) is 11.3 Å². The molecular formula is C56H36N2S. The van der Waals surface area contributed by atoms with E-state index in [1.807, 2.05) is 11.3 Å². The number of nitrogens with zero attached hydrogens (tertiary/aromatic N) is 2. The fourth-order valence-electron chi connectivity index (χ4n) is 9.17. The molecular weight excluding hydrogens is 733 g/mol. The topological polar surface area (TPSA) is 6.48 Å². The van der Waals surface area contributed by atoms with Gasteiger partial charge in [0, 0.05) is 58.8 Å². The van der Waals surface area contributed by atoms with Crippen LogP contribution in [-0.2, 0) is 0 Å². The quantitative estimate of drug-likeness (QED) is 0.166. The highest BCUT2D eigenvalue weighted by molar-refractivity contribution is 7.26. The summed E-state index contributed by atoms with van der Waals surface area (Å²) in [6.07, 6.45) is 0. The lowest BCUT2D eigenvalue weighted by Crippen LogP contribution is -2.11. The highest BCUT2D eigenvalue weighted by Gasteiger charge is 2.21. The van der Waals surface area contributed by atoms with Gasteiger partial charge in [0.05, 0.1) is 17.1 Å². The molecule has 0 unspecified atom stereocenters. The van der Waals surface area contributed by atoms with Crippen molar-refractivity contribution in [2.45, 2.75) is 0 Å². The van der Waals surface area contributed by atoms with E-state index in [4.69, 9.17) is 0 Å². The zero-order chi connectivity index (χ0) is 38.9. The predicted molar refractivity (Wildman–Crippen MR) is 256 cm³/mol. The summed E-state index contributed by atoms with van der Waals surface area (Å²) < 4.78 is 2.57. The van der Waals surface area contributed by atoms with Crippen LogP contribution in [-0.4, -0.2) is 0 Å². The summed E-state index contributed by atoms with van der Waals surface area (Å²) in [5, 5.41) is 14.8. The molecule has 0 spiro atoms. The maximum Gasteiger partial charge on any atom is 0.0540 e. The van der Waals surface area contributed by atoms with Gasteiger partial charge in [-0.3, -0.25) is 0 Å². The van der Waals surface area contributed by atoms with Crippen molar-refractivity contribution in [3.05, 3.63) is 218 Å². The Bertz CT molecular complexity index is 3590. The fourth-order valence-corrected chi connectivity index (χ4v) is 10.4. The zero-order valence-corrected chi connectivity index (χ0v) is 32.9. The molecule has 11 aromatic carbocycles. The first kappa shape index (κ1) is 33.7. The van der Waals surface area contributed by atoms with Crippen LogP contribution in [0.5, 0.6) is 0 Å². The summed E-state index contributed by atoms with van der Waals surface area (Å²) in [6, 6.07) is 80.1. The Morgan fingerprint density at radius 3 is 1.31 bits per heavy atom. The summed E-state index contributed by atoms with van der Waals surface area (Å²) in [4.78, 5) is 4.89. The molecule has 3 heteroatoms. The van der Waals surface area contributed by atoms with E-state index in [0.29, 0.717) is 0 Å². The Balaban J connectivity index is 1.06. The van der Waals surface area contributed by atoms with Crippen LogP contribution in [0.2, 0.25) is 0 Å². The Labute approximate surface area is 346 Å². The van der Waals surface area contributed by atoms with Gasteiger partial charge in [-0.2, -0.15) is 0 Å². The first-order chi connectivity index (χ1) is 29.2. The molecule has 12 aromatic rings. The van der Waals surface area contributed by atoms with Gasteiger partial charge < -0.3 is 9.80 Å². The predicted octanol–water partition coefficient (Wildman–Crippen LogP) is 16.8. The van der Waals surface area contributed by atoms with Crippen LogP contribution in [0.4, 0.5) is 34.1 Å². The third-order valence-corrected chi connectivity index (χ3v) is 13.2. The van der Waals surface area contributed by atoms with Crippen LogP contribution in [0.15, 0.2) is 218 Å². The van der Waals surface area contributed by atoms with E-state index in [-0.39, 0.29) is 0 Å². The fraction of sp³-hybridized carbons (Fsp3) is 0. The molecule has 59 heavy (non-hydrogen) atoms. The van der Waals surface area contributed by atoms with Gasteiger partial charge in [-0.1, -0.05) is 164 Å². The SMILES string of the molecule is c1ccc2cc(N(c3ccc4c(c3)sc3c5cccc(N(c6ccc7ccccc7c6)c6cccc7ccccc67)c5ccc43)c3cccc4ccccc34)ccc2c1. The lowest BCUT2D eigenvalue weighted by molar-refractivity contribution is 1.31. The molecule has 0 aliphatic heterocycles. The molecule has 0 bridgehead atoms. The second-order valence-corrected chi connectivity index (χ2v) is 16.4. The van der Waals surface area contributed by atoms with Crippen molar-refractivity contribution < 1.29 is 0 Å². The van der Waals surface area contributed by atoms with Gasteiger partial charge >= 0.3 is 0 Å². The van der Waals surface area contributed by atoms with E-state index in [1.54, 1.807) is 0 Å². The van der Waals surface area contributed by atoms with Crippen LogP contribution < -0.4 is 9.80 Å². The Hall–Kier alpha value is -7.46. The van der Waals surface area contributed by atoms with Gasteiger partial charge in [0.15, 0.2) is 0 Å². The summed E-state index contributed by atoms with van der Waals surface area (Å²) in [5.41, 5.74) is 6.89. The average molecular weight is 769 g/mol. The number of benzene rings is 11. The molecule has 0 amide bonds. The molecule has 1 heterocycles. The highest BCUT2D eigenvalue weighted by Crippen LogP contribution is 2.48. The standard InChI is InChI=1S/C56H36N2S/c1-3-16-41-34-43(28-26-37(41)12-1)57(52-23-9-18-39-14-5-7-20-46(39)52)45-30-31-49-51-33-32-48-50(56(51)59-55(49)36-45)22-11-25-54(48)58(44-29-27-38-13-2-4-17-42(38)35-44)53-24-10-19-40-15-6-8-21-47(40)53/h1-36H. The van der Waals surface area contributed by atoms with Crippen molar-refractivity contribution in [2.24, 2.45) is 0 Å². The summed E-state index contributed by atoms with van der Waals surface area (Å²) in [6.45, 7) is 0. The van der Waals surface area contributed by atoms with Crippen molar-refractivity contribution in [3.8, 4) is 0 Å². The molecule has 0 aliphatic rings. The van der Waals surface area contributed by atoms with Crippen molar-refractivity contribution in [2.75, 3.05) is 9.80 Å². The Morgan fingerprint density at radius 2 is 0.661 bits per heavy atom. The second kappa shape index (κ2) is 13.6. The normalized spacial score (nSPS) is 11.7. The maximum absolute atomic E-state index is 2.46. The number of hydrogen-bond donors (Lipinski definition) is 0. The second-order valence-electron chi connectivity index (χ2n) is 15.3. The third-order valence-electron chi connectivity index (χ3n) is 12.0. The van der Waals surface area contributed by atoms with Crippen molar-refractivity contribution in [1.82, 2.24) is 0 Å². The van der Waals surface area contributed by atoms with Crippen LogP contribution in [0.1, 0.15) is 0 Å². The maximum atomic E-state index is 2.46. The molecule has 0 N–H and O–H groups in total. The number of rotatable bonds is 6. The van der Waals surface area contributed by atoms with Gasteiger partial charge in [0.1, 0.15) is 0 Å². The molecule has 0 saturated carbocycles. The minimum absolute atomic E-state index is 1.14. The third kappa shape index (κ3) is 5.55. The average Bonchev–Trinajstić information content (AvgIpc) is 3.68. The Kier molecular flexibility index (Phi) is 7.75. The van der Waals surface area contributed by atoms with Gasteiger partial charge in [-0.25, -0.2) is 0 Å². The molecule has 12 rings (SSSR count). The monoisotopic (exact) mass is 768 g/mol. The molecule has 0 radical (unpaired) electrons. The van der Waals surface area contributed by atoms with Crippen LogP contribution in [0.25, 0.3) is 74.0 Å². The molecule has 276 valence electrons.